The van der Waals surface area contributed by atoms with Gasteiger partial charge in [-0.1, -0.05) is 30.5 Å². The Balaban J connectivity index is 2.12. The molecular weight excluding hydrogens is 310 g/mol. The van der Waals surface area contributed by atoms with E-state index in [1.54, 1.807) is 0 Å². The molecule has 0 radical (unpaired) electrons. The van der Waals surface area contributed by atoms with Crippen molar-refractivity contribution in [3.05, 3.63) is 53.2 Å². The summed E-state index contributed by atoms with van der Waals surface area (Å²) in [6, 6.07) is 10.4. The van der Waals surface area contributed by atoms with Gasteiger partial charge in [0.2, 0.25) is 5.91 Å². The Hall–Kier alpha value is -2.62. The number of carbonyl (C=O) groups is 1. The van der Waals surface area contributed by atoms with Crippen LogP contribution in [0, 0.1) is 20.8 Å². The van der Waals surface area contributed by atoms with Crippen molar-refractivity contribution < 1.29 is 4.79 Å². The van der Waals surface area contributed by atoms with Crippen molar-refractivity contribution in [2.24, 2.45) is 0 Å². The largest absolute Gasteiger partial charge is 0.310 e. The van der Waals surface area contributed by atoms with Crippen LogP contribution in [-0.4, -0.2) is 15.3 Å². The Kier molecular flexibility index (Phi) is 4.88. The quantitative estimate of drug-likeness (QED) is 0.709. The smallest absolute Gasteiger partial charge is 0.225 e. The van der Waals surface area contributed by atoms with Crippen LogP contribution in [0.3, 0.4) is 0 Å². The average Bonchev–Trinajstić information content (AvgIpc) is 2.89. The lowest BCUT2D eigenvalue weighted by Crippen LogP contribution is -2.13. The molecule has 3 aromatic rings. The number of amides is 1. The first kappa shape index (κ1) is 17.2. The number of nitrogens with one attached hydrogen (secondary N) is 1. The van der Waals surface area contributed by atoms with E-state index in [1.807, 2.05) is 29.7 Å². The summed E-state index contributed by atoms with van der Waals surface area (Å²) in [5.41, 5.74) is 6.22. The molecule has 3 rings (SSSR count). The van der Waals surface area contributed by atoms with Crippen LogP contribution >= 0.6 is 0 Å². The van der Waals surface area contributed by atoms with Crippen LogP contribution in [-0.2, 0) is 4.79 Å². The molecule has 2 aromatic heterocycles. The van der Waals surface area contributed by atoms with Crippen LogP contribution in [0.2, 0.25) is 0 Å². The van der Waals surface area contributed by atoms with Crippen molar-refractivity contribution in [2.45, 2.75) is 47.0 Å². The summed E-state index contributed by atoms with van der Waals surface area (Å²) >= 11 is 0. The maximum atomic E-state index is 12.3. The highest BCUT2D eigenvalue weighted by Gasteiger charge is 2.17. The Morgan fingerprint density at radius 1 is 1.08 bits per heavy atom. The lowest BCUT2D eigenvalue weighted by atomic mass is 10.0. The first-order valence-corrected chi connectivity index (χ1v) is 8.85. The summed E-state index contributed by atoms with van der Waals surface area (Å²) in [6.45, 7) is 8.29. The number of pyridine rings is 1. The minimum atomic E-state index is 0.0369. The number of nitrogens with zero attached hydrogens (tertiary/aromatic N) is 2. The van der Waals surface area contributed by atoms with E-state index in [2.05, 4.69) is 44.3 Å². The number of aromatic nitrogens is 2. The van der Waals surface area contributed by atoms with Crippen LogP contribution in [0.4, 0.5) is 5.82 Å². The van der Waals surface area contributed by atoms with Gasteiger partial charge < -0.3 is 5.32 Å². The van der Waals surface area contributed by atoms with Crippen LogP contribution in [0.5, 0.6) is 0 Å². The molecule has 130 valence electrons. The molecule has 4 heteroatoms. The normalized spacial score (nSPS) is 11.0. The Bertz CT molecular complexity index is 904. The van der Waals surface area contributed by atoms with Gasteiger partial charge in [-0.2, -0.15) is 0 Å². The van der Waals surface area contributed by atoms with Crippen molar-refractivity contribution in [3.63, 3.8) is 0 Å². The van der Waals surface area contributed by atoms with E-state index in [1.165, 1.54) is 11.1 Å². The van der Waals surface area contributed by atoms with E-state index < -0.39 is 0 Å². The van der Waals surface area contributed by atoms with Crippen molar-refractivity contribution in [1.29, 1.82) is 0 Å². The predicted molar refractivity (Wildman–Crippen MR) is 103 cm³/mol. The van der Waals surface area contributed by atoms with E-state index in [-0.39, 0.29) is 5.91 Å². The number of fused-ring (bicyclic) bond motifs is 1. The molecule has 0 fully saturated rings. The van der Waals surface area contributed by atoms with Gasteiger partial charge in [0.1, 0.15) is 17.2 Å². The molecule has 1 N–H and O–H groups in total. The van der Waals surface area contributed by atoms with E-state index in [4.69, 9.17) is 4.98 Å². The van der Waals surface area contributed by atoms with Gasteiger partial charge >= 0.3 is 0 Å². The van der Waals surface area contributed by atoms with Crippen molar-refractivity contribution in [2.75, 3.05) is 5.32 Å². The Morgan fingerprint density at radius 2 is 1.80 bits per heavy atom. The van der Waals surface area contributed by atoms with Gasteiger partial charge in [0.15, 0.2) is 0 Å². The molecule has 0 unspecified atom stereocenters. The van der Waals surface area contributed by atoms with Gasteiger partial charge in [0.25, 0.3) is 0 Å². The molecule has 2 heterocycles. The van der Waals surface area contributed by atoms with Gasteiger partial charge in [-0.3, -0.25) is 9.20 Å². The standard InChI is InChI=1S/C21H25N3O/c1-5-6-7-19(25)23-21-20(17-11-15(3)10-16(4)12-17)22-18-13-14(2)8-9-24(18)21/h8-13H,5-7H2,1-4H3,(H,23,25). The second-order valence-electron chi connectivity index (χ2n) is 6.77. The molecule has 25 heavy (non-hydrogen) atoms. The Morgan fingerprint density at radius 3 is 2.48 bits per heavy atom. The lowest BCUT2D eigenvalue weighted by Gasteiger charge is -2.09. The third-order valence-electron chi connectivity index (χ3n) is 4.29. The number of benzene rings is 1. The summed E-state index contributed by atoms with van der Waals surface area (Å²) in [5, 5.41) is 3.09. The molecule has 0 saturated carbocycles. The topological polar surface area (TPSA) is 46.4 Å². The number of hydrogen-bond acceptors (Lipinski definition) is 2. The summed E-state index contributed by atoms with van der Waals surface area (Å²) in [5.74, 6) is 0.788. The third-order valence-corrected chi connectivity index (χ3v) is 4.29. The maximum absolute atomic E-state index is 12.3. The summed E-state index contributed by atoms with van der Waals surface area (Å²) < 4.78 is 1.96. The van der Waals surface area contributed by atoms with Gasteiger partial charge in [0.05, 0.1) is 0 Å². The SMILES string of the molecule is CCCCC(=O)Nc1c(-c2cc(C)cc(C)c2)nc2cc(C)ccn12. The third kappa shape index (κ3) is 3.73. The molecule has 0 atom stereocenters. The van der Waals surface area contributed by atoms with E-state index in [0.717, 1.165) is 41.1 Å². The maximum Gasteiger partial charge on any atom is 0.225 e. The number of rotatable bonds is 5. The van der Waals surface area contributed by atoms with Gasteiger partial charge in [-0.25, -0.2) is 4.98 Å². The molecular formula is C21H25N3O. The molecule has 0 bridgehead atoms. The molecule has 0 aliphatic heterocycles. The number of imidazole rings is 1. The van der Waals surface area contributed by atoms with Crippen LogP contribution in [0.1, 0.15) is 42.9 Å². The monoisotopic (exact) mass is 335 g/mol. The summed E-state index contributed by atoms with van der Waals surface area (Å²) in [7, 11) is 0. The highest BCUT2D eigenvalue weighted by Crippen LogP contribution is 2.30. The van der Waals surface area contributed by atoms with Crippen molar-refractivity contribution in [1.82, 2.24) is 9.38 Å². The molecule has 1 amide bonds. The fraction of sp³-hybridized carbons (Fsp3) is 0.333. The zero-order valence-electron chi connectivity index (χ0n) is 15.4. The fourth-order valence-electron chi connectivity index (χ4n) is 3.11. The molecule has 0 aliphatic rings. The zero-order chi connectivity index (χ0) is 18.0. The molecule has 1 aromatic carbocycles. The molecule has 0 spiro atoms. The Labute approximate surface area is 148 Å². The first-order valence-electron chi connectivity index (χ1n) is 8.85. The second kappa shape index (κ2) is 7.09. The molecule has 0 aliphatic carbocycles. The second-order valence-corrected chi connectivity index (χ2v) is 6.77. The number of carbonyl (C=O) groups excluding carboxylic acids is 1. The average molecular weight is 335 g/mol. The minimum Gasteiger partial charge on any atom is -0.310 e. The van der Waals surface area contributed by atoms with Gasteiger partial charge in [0, 0.05) is 18.2 Å². The van der Waals surface area contributed by atoms with E-state index >= 15 is 0 Å². The van der Waals surface area contributed by atoms with Crippen molar-refractivity contribution >= 4 is 17.4 Å². The number of aryl methyl sites for hydroxylation is 3. The summed E-state index contributed by atoms with van der Waals surface area (Å²) in [4.78, 5) is 17.2. The van der Waals surface area contributed by atoms with Crippen LogP contribution in [0.25, 0.3) is 16.9 Å². The first-order chi connectivity index (χ1) is 12.0. The number of hydrogen-bond donors (Lipinski definition) is 1. The fourth-order valence-corrected chi connectivity index (χ4v) is 3.11. The van der Waals surface area contributed by atoms with E-state index in [0.29, 0.717) is 6.42 Å². The zero-order valence-corrected chi connectivity index (χ0v) is 15.4. The summed E-state index contributed by atoms with van der Waals surface area (Å²) in [6.07, 6.45) is 4.39. The van der Waals surface area contributed by atoms with Crippen LogP contribution < -0.4 is 5.32 Å². The molecule has 4 nitrogen and oxygen atoms in total. The lowest BCUT2D eigenvalue weighted by molar-refractivity contribution is -0.116. The molecule has 0 saturated heterocycles. The highest BCUT2D eigenvalue weighted by atomic mass is 16.1. The highest BCUT2D eigenvalue weighted by molar-refractivity contribution is 5.94. The van der Waals surface area contributed by atoms with Crippen molar-refractivity contribution in [3.8, 4) is 11.3 Å². The van der Waals surface area contributed by atoms with E-state index in [9.17, 15) is 4.79 Å². The predicted octanol–water partition coefficient (Wildman–Crippen LogP) is 5.06. The van der Waals surface area contributed by atoms with Crippen LogP contribution in [0.15, 0.2) is 36.5 Å². The number of unbranched alkanes of at least 4 members (excludes halogenated alkanes) is 1. The number of anilines is 1. The minimum absolute atomic E-state index is 0.0369. The van der Waals surface area contributed by atoms with Gasteiger partial charge in [-0.05, 0) is 57.0 Å². The van der Waals surface area contributed by atoms with Gasteiger partial charge in [-0.15, -0.1) is 0 Å².